The molecule has 150 valence electrons. The Morgan fingerprint density at radius 2 is 1.97 bits per heavy atom. The van der Waals surface area contributed by atoms with Crippen LogP contribution in [0.15, 0.2) is 72.3 Å². The maximum atomic E-state index is 12.7. The van der Waals surface area contributed by atoms with Crippen LogP contribution in [0.5, 0.6) is 0 Å². The Balaban J connectivity index is 1.31. The van der Waals surface area contributed by atoms with Crippen molar-refractivity contribution in [1.29, 1.82) is 0 Å². The number of nitrogens with zero attached hydrogens (tertiary/aromatic N) is 4. The van der Waals surface area contributed by atoms with Gasteiger partial charge in [0, 0.05) is 28.6 Å². The molecule has 6 nitrogen and oxygen atoms in total. The molecule has 1 N–H and O–H groups in total. The number of hydrogen-bond acceptors (Lipinski definition) is 5. The van der Waals surface area contributed by atoms with E-state index < -0.39 is 0 Å². The summed E-state index contributed by atoms with van der Waals surface area (Å²) in [7, 11) is 0. The smallest absolute Gasteiger partial charge is 0.274 e. The molecular weight excluding hydrogens is 394 g/mol. The third-order valence-electron chi connectivity index (χ3n) is 5.24. The average Bonchev–Trinajstić information content (AvgIpc) is 3.52. The number of pyridine rings is 1. The molecule has 7 heteroatoms. The topological polar surface area (TPSA) is 72.7 Å². The van der Waals surface area contributed by atoms with Crippen LogP contribution in [0.25, 0.3) is 10.8 Å². The number of rotatable bonds is 6. The quantitative estimate of drug-likeness (QED) is 0.435. The fraction of sp³-hybridized carbons (Fsp3) is 0.217. The molecule has 1 fully saturated rings. The molecule has 1 saturated carbocycles. The molecule has 2 heterocycles. The van der Waals surface area contributed by atoms with Gasteiger partial charge >= 0.3 is 0 Å². The molecule has 1 atom stereocenters. The van der Waals surface area contributed by atoms with Crippen LogP contribution in [0.1, 0.15) is 47.1 Å². The lowest BCUT2D eigenvalue weighted by atomic mass is 10.1. The van der Waals surface area contributed by atoms with Gasteiger partial charge in [-0.3, -0.25) is 9.78 Å². The second kappa shape index (κ2) is 7.91. The zero-order valence-electron chi connectivity index (χ0n) is 16.5. The minimum absolute atomic E-state index is 0.183. The molecule has 0 spiro atoms. The summed E-state index contributed by atoms with van der Waals surface area (Å²) in [6, 6.07) is 18.2. The summed E-state index contributed by atoms with van der Waals surface area (Å²) >= 11 is 1.69. The first-order chi connectivity index (χ1) is 14.7. The van der Waals surface area contributed by atoms with Crippen molar-refractivity contribution in [3.63, 3.8) is 0 Å². The number of thioether (sulfide) groups is 1. The van der Waals surface area contributed by atoms with E-state index in [4.69, 9.17) is 0 Å². The van der Waals surface area contributed by atoms with Crippen LogP contribution in [0.3, 0.4) is 0 Å². The third kappa shape index (κ3) is 3.93. The fourth-order valence-corrected chi connectivity index (χ4v) is 4.43. The first-order valence-electron chi connectivity index (χ1n) is 9.99. The molecule has 0 unspecified atom stereocenters. The number of nitrogens with one attached hydrogen (secondary N) is 1. The number of carbonyl (C=O) groups is 1. The minimum Gasteiger partial charge on any atom is -0.321 e. The van der Waals surface area contributed by atoms with Gasteiger partial charge in [-0.25, -0.2) is 0 Å². The molecule has 2 aromatic heterocycles. The van der Waals surface area contributed by atoms with Crippen molar-refractivity contribution in [2.45, 2.75) is 36.2 Å². The second-order valence-electron chi connectivity index (χ2n) is 7.51. The van der Waals surface area contributed by atoms with Crippen LogP contribution in [0.4, 0.5) is 5.69 Å². The summed E-state index contributed by atoms with van der Waals surface area (Å²) < 4.78 is 2.16. The number of fused-ring (bicyclic) bond motifs is 1. The van der Waals surface area contributed by atoms with E-state index in [0.717, 1.165) is 27.2 Å². The summed E-state index contributed by atoms with van der Waals surface area (Å²) in [6.07, 6.45) is 5.95. The molecule has 0 bridgehead atoms. The molecule has 0 radical (unpaired) electrons. The van der Waals surface area contributed by atoms with Gasteiger partial charge < -0.3 is 9.88 Å². The Morgan fingerprint density at radius 3 is 2.80 bits per heavy atom. The minimum atomic E-state index is -0.216. The lowest BCUT2D eigenvalue weighted by Gasteiger charge is -2.13. The van der Waals surface area contributed by atoms with Crippen LogP contribution in [0, 0.1) is 0 Å². The number of hydrogen-bond donors (Lipinski definition) is 1. The third-order valence-corrected chi connectivity index (χ3v) is 6.37. The predicted octanol–water partition coefficient (Wildman–Crippen LogP) is 5.27. The summed E-state index contributed by atoms with van der Waals surface area (Å²) in [5.74, 6) is -0.216. The van der Waals surface area contributed by atoms with E-state index in [0.29, 0.717) is 11.7 Å². The monoisotopic (exact) mass is 415 g/mol. The van der Waals surface area contributed by atoms with E-state index in [2.05, 4.69) is 38.1 Å². The lowest BCUT2D eigenvalue weighted by Crippen LogP contribution is -2.13. The molecule has 1 aliphatic carbocycles. The molecule has 4 aromatic rings. The van der Waals surface area contributed by atoms with Crippen LogP contribution in [-0.4, -0.2) is 25.7 Å². The summed E-state index contributed by atoms with van der Waals surface area (Å²) in [5, 5.41) is 14.5. The highest BCUT2D eigenvalue weighted by Gasteiger charge is 2.27. The van der Waals surface area contributed by atoms with Gasteiger partial charge in [0.25, 0.3) is 5.91 Å². The van der Waals surface area contributed by atoms with Crippen molar-refractivity contribution in [3.8, 4) is 0 Å². The predicted molar refractivity (Wildman–Crippen MR) is 119 cm³/mol. The molecule has 2 aromatic carbocycles. The SMILES string of the molecule is C[C@H](Sc1nncn1C1CC1)c1cccc(NC(=O)c2cc3ccccc3cn2)c1. The standard InChI is InChI=1S/C23H21N5OS/c1-15(30-23-27-25-14-28(23)20-9-10-20)16-7-4-8-19(11-16)26-22(29)21-12-17-5-2-3-6-18(17)13-24-21/h2-8,11-15,20H,9-10H2,1H3,(H,26,29)/t15-/m0/s1. The van der Waals surface area contributed by atoms with Crippen molar-refractivity contribution in [3.05, 3.63) is 78.4 Å². The second-order valence-corrected chi connectivity index (χ2v) is 8.82. The van der Waals surface area contributed by atoms with Crippen LogP contribution in [0.2, 0.25) is 0 Å². The normalized spacial score (nSPS) is 14.6. The van der Waals surface area contributed by atoms with Crippen molar-refractivity contribution in [2.75, 3.05) is 5.32 Å². The fourth-order valence-electron chi connectivity index (χ4n) is 3.42. The van der Waals surface area contributed by atoms with Crippen LogP contribution in [-0.2, 0) is 0 Å². The van der Waals surface area contributed by atoms with Crippen LogP contribution >= 0.6 is 11.8 Å². The molecule has 1 aliphatic rings. The molecule has 30 heavy (non-hydrogen) atoms. The summed E-state index contributed by atoms with van der Waals surface area (Å²) in [6.45, 7) is 2.14. The largest absolute Gasteiger partial charge is 0.321 e. The zero-order chi connectivity index (χ0) is 20.5. The lowest BCUT2D eigenvalue weighted by molar-refractivity contribution is 0.102. The maximum Gasteiger partial charge on any atom is 0.274 e. The van der Waals surface area contributed by atoms with Crippen molar-refractivity contribution in [1.82, 2.24) is 19.7 Å². The number of anilines is 1. The molecule has 1 amide bonds. The Bertz CT molecular complexity index is 1220. The Hall–Kier alpha value is -3.19. The van der Waals surface area contributed by atoms with E-state index in [9.17, 15) is 4.79 Å². The molecule has 0 aliphatic heterocycles. The number of carbonyl (C=O) groups excluding carboxylic acids is 1. The first-order valence-corrected chi connectivity index (χ1v) is 10.9. The summed E-state index contributed by atoms with van der Waals surface area (Å²) in [5.41, 5.74) is 2.28. The van der Waals surface area contributed by atoms with Gasteiger partial charge in [0.2, 0.25) is 0 Å². The van der Waals surface area contributed by atoms with Crippen LogP contribution < -0.4 is 5.32 Å². The highest BCUT2D eigenvalue weighted by molar-refractivity contribution is 7.99. The Labute approximate surface area is 178 Å². The van der Waals surface area contributed by atoms with Gasteiger partial charge in [0.1, 0.15) is 12.0 Å². The van der Waals surface area contributed by atoms with E-state index in [-0.39, 0.29) is 11.2 Å². The van der Waals surface area contributed by atoms with E-state index >= 15 is 0 Å². The van der Waals surface area contributed by atoms with Gasteiger partial charge in [0.15, 0.2) is 5.16 Å². The molecular formula is C23H21N5OS. The average molecular weight is 416 g/mol. The summed E-state index contributed by atoms with van der Waals surface area (Å²) in [4.78, 5) is 17.0. The zero-order valence-corrected chi connectivity index (χ0v) is 17.3. The van der Waals surface area contributed by atoms with Gasteiger partial charge in [-0.1, -0.05) is 48.2 Å². The van der Waals surface area contributed by atoms with Gasteiger partial charge in [-0.15, -0.1) is 10.2 Å². The maximum absolute atomic E-state index is 12.7. The van der Waals surface area contributed by atoms with E-state index in [1.54, 1.807) is 18.0 Å². The highest BCUT2D eigenvalue weighted by atomic mass is 32.2. The van der Waals surface area contributed by atoms with Gasteiger partial charge in [0.05, 0.1) is 0 Å². The van der Waals surface area contributed by atoms with Crippen molar-refractivity contribution < 1.29 is 4.79 Å². The first kappa shape index (κ1) is 18.8. The van der Waals surface area contributed by atoms with E-state index in [1.165, 1.54) is 12.8 Å². The Morgan fingerprint density at radius 1 is 1.13 bits per heavy atom. The Kier molecular flexibility index (Phi) is 4.96. The number of benzene rings is 2. The van der Waals surface area contributed by atoms with Crippen molar-refractivity contribution in [2.24, 2.45) is 0 Å². The van der Waals surface area contributed by atoms with Gasteiger partial charge in [-0.05, 0) is 48.9 Å². The number of amides is 1. The van der Waals surface area contributed by atoms with Crippen molar-refractivity contribution >= 4 is 34.1 Å². The highest BCUT2D eigenvalue weighted by Crippen LogP contribution is 2.41. The molecule has 5 rings (SSSR count). The van der Waals surface area contributed by atoms with E-state index in [1.807, 2.05) is 54.9 Å². The molecule has 0 saturated heterocycles. The van der Waals surface area contributed by atoms with Gasteiger partial charge in [-0.2, -0.15) is 0 Å². The number of aromatic nitrogens is 4.